The Labute approximate surface area is 115 Å². The van der Waals surface area contributed by atoms with Crippen LogP contribution in [0.25, 0.3) is 0 Å². The third-order valence-corrected chi connectivity index (χ3v) is 2.60. The normalized spacial score (nSPS) is 9.70. The van der Waals surface area contributed by atoms with Gasteiger partial charge in [-0.1, -0.05) is 11.8 Å². The lowest BCUT2D eigenvalue weighted by Gasteiger charge is -2.05. The van der Waals surface area contributed by atoms with E-state index in [0.717, 1.165) is 0 Å². The van der Waals surface area contributed by atoms with E-state index in [4.69, 9.17) is 10.2 Å². The predicted octanol–water partition coefficient (Wildman–Crippen LogP) is 1.66. The van der Waals surface area contributed by atoms with Crippen LogP contribution in [-0.4, -0.2) is 12.5 Å². The molecule has 2 rings (SSSR count). The van der Waals surface area contributed by atoms with E-state index in [1.807, 2.05) is 0 Å². The Kier molecular flexibility index (Phi) is 4.53. The van der Waals surface area contributed by atoms with Crippen molar-refractivity contribution in [2.24, 2.45) is 5.73 Å². The summed E-state index contributed by atoms with van der Waals surface area (Å²) < 4.78 is 18.5. The zero-order valence-electron chi connectivity index (χ0n) is 10.7. The molecule has 0 unspecified atom stereocenters. The fraction of sp³-hybridized carbons (Fsp3) is 0.133. The molecule has 1 amide bonds. The quantitative estimate of drug-likeness (QED) is 0.835. The first kappa shape index (κ1) is 13.8. The molecule has 0 saturated carbocycles. The zero-order valence-corrected chi connectivity index (χ0v) is 10.7. The fourth-order valence-electron chi connectivity index (χ4n) is 1.61. The van der Waals surface area contributed by atoms with Gasteiger partial charge in [0.2, 0.25) is 0 Å². The van der Waals surface area contributed by atoms with Crippen LogP contribution in [0.15, 0.2) is 41.2 Å². The highest BCUT2D eigenvalue weighted by Crippen LogP contribution is 2.10. The average molecular weight is 272 g/mol. The van der Waals surface area contributed by atoms with Gasteiger partial charge < -0.3 is 15.5 Å². The molecule has 1 aromatic heterocycles. The van der Waals surface area contributed by atoms with E-state index in [9.17, 15) is 9.18 Å². The minimum absolute atomic E-state index is 0.0774. The molecule has 0 radical (unpaired) electrons. The largest absolute Gasteiger partial charge is 0.472 e. The van der Waals surface area contributed by atoms with Gasteiger partial charge in [0.25, 0.3) is 5.91 Å². The van der Waals surface area contributed by atoms with Crippen molar-refractivity contribution in [1.29, 1.82) is 0 Å². The van der Waals surface area contributed by atoms with Crippen molar-refractivity contribution < 1.29 is 13.6 Å². The number of nitrogens with one attached hydrogen (secondary N) is 1. The van der Waals surface area contributed by atoms with Crippen LogP contribution < -0.4 is 11.1 Å². The number of benzene rings is 1. The van der Waals surface area contributed by atoms with Gasteiger partial charge in [0.05, 0.1) is 18.4 Å². The van der Waals surface area contributed by atoms with E-state index < -0.39 is 5.82 Å². The predicted molar refractivity (Wildman–Crippen MR) is 72.2 cm³/mol. The number of amides is 1. The maximum atomic E-state index is 13.6. The first-order chi connectivity index (χ1) is 9.70. The molecule has 0 bridgehead atoms. The lowest BCUT2D eigenvalue weighted by atomic mass is 10.1. The summed E-state index contributed by atoms with van der Waals surface area (Å²) in [5.74, 6) is 4.80. The molecule has 3 N–H and O–H groups in total. The van der Waals surface area contributed by atoms with Crippen molar-refractivity contribution in [2.45, 2.75) is 6.54 Å². The van der Waals surface area contributed by atoms with Crippen molar-refractivity contribution in [1.82, 2.24) is 5.32 Å². The fourth-order valence-corrected chi connectivity index (χ4v) is 1.61. The lowest BCUT2D eigenvalue weighted by molar-refractivity contribution is 0.0950. The standard InChI is InChI=1S/C15H13FN2O2/c16-14-4-3-11(2-1-6-17)8-13(14)9-18-15(19)12-5-7-20-10-12/h3-5,7-8,10H,6,9,17H2,(H,18,19). The lowest BCUT2D eigenvalue weighted by Crippen LogP contribution is -2.22. The molecular weight excluding hydrogens is 259 g/mol. The molecule has 102 valence electrons. The molecule has 0 aliphatic heterocycles. The minimum atomic E-state index is -0.393. The summed E-state index contributed by atoms with van der Waals surface area (Å²) in [4.78, 5) is 11.7. The van der Waals surface area contributed by atoms with E-state index in [2.05, 4.69) is 17.2 Å². The molecule has 2 aromatic rings. The molecule has 0 saturated heterocycles. The van der Waals surface area contributed by atoms with Crippen LogP contribution in [0, 0.1) is 17.7 Å². The Balaban J connectivity index is 2.07. The Morgan fingerprint density at radius 3 is 2.95 bits per heavy atom. The number of carbonyl (C=O) groups excluding carboxylic acids is 1. The molecular formula is C15H13FN2O2. The summed E-state index contributed by atoms with van der Waals surface area (Å²) in [5, 5.41) is 2.61. The number of hydrogen-bond donors (Lipinski definition) is 2. The smallest absolute Gasteiger partial charge is 0.254 e. The molecule has 0 atom stereocenters. The number of nitrogens with two attached hydrogens (primary N) is 1. The maximum absolute atomic E-state index is 13.6. The summed E-state index contributed by atoms with van der Waals surface area (Å²) in [7, 11) is 0. The topological polar surface area (TPSA) is 68.3 Å². The molecule has 0 aliphatic rings. The molecule has 1 heterocycles. The number of rotatable bonds is 3. The summed E-state index contributed by atoms with van der Waals surface area (Å²) in [6.07, 6.45) is 2.73. The van der Waals surface area contributed by atoms with Crippen LogP contribution in [-0.2, 0) is 6.54 Å². The highest BCUT2D eigenvalue weighted by atomic mass is 19.1. The summed E-state index contributed by atoms with van der Waals surface area (Å²) in [5.41, 5.74) is 6.70. The van der Waals surface area contributed by atoms with Crippen LogP contribution in [0.3, 0.4) is 0 Å². The van der Waals surface area contributed by atoms with E-state index >= 15 is 0 Å². The number of furan rings is 1. The van der Waals surface area contributed by atoms with Crippen molar-refractivity contribution in [3.8, 4) is 11.8 Å². The second-order valence-corrected chi connectivity index (χ2v) is 4.01. The molecule has 20 heavy (non-hydrogen) atoms. The van der Waals surface area contributed by atoms with Crippen molar-refractivity contribution >= 4 is 5.91 Å². The van der Waals surface area contributed by atoms with Gasteiger partial charge >= 0.3 is 0 Å². The van der Waals surface area contributed by atoms with Gasteiger partial charge in [0, 0.05) is 17.7 Å². The van der Waals surface area contributed by atoms with Crippen LogP contribution in [0.4, 0.5) is 4.39 Å². The zero-order chi connectivity index (χ0) is 14.4. The molecule has 5 heteroatoms. The van der Waals surface area contributed by atoms with Gasteiger partial charge in [0.15, 0.2) is 0 Å². The van der Waals surface area contributed by atoms with Gasteiger partial charge in [-0.25, -0.2) is 4.39 Å². The SMILES string of the molecule is NCC#Cc1ccc(F)c(CNC(=O)c2ccoc2)c1. The minimum Gasteiger partial charge on any atom is -0.472 e. The molecule has 4 nitrogen and oxygen atoms in total. The Hall–Kier alpha value is -2.58. The van der Waals surface area contributed by atoms with Gasteiger partial charge in [-0.2, -0.15) is 0 Å². The summed E-state index contributed by atoms with van der Waals surface area (Å²) >= 11 is 0. The second-order valence-electron chi connectivity index (χ2n) is 4.01. The van der Waals surface area contributed by atoms with Gasteiger partial charge in [-0.05, 0) is 24.3 Å². The monoisotopic (exact) mass is 272 g/mol. The van der Waals surface area contributed by atoms with E-state index in [0.29, 0.717) is 16.7 Å². The summed E-state index contributed by atoms with van der Waals surface area (Å²) in [6, 6.07) is 6.02. The number of carbonyl (C=O) groups is 1. The maximum Gasteiger partial charge on any atom is 0.254 e. The number of halogens is 1. The highest BCUT2D eigenvalue weighted by Gasteiger charge is 2.08. The van der Waals surface area contributed by atoms with Crippen molar-refractivity contribution in [3.05, 3.63) is 59.3 Å². The Morgan fingerprint density at radius 2 is 2.25 bits per heavy atom. The molecule has 0 aliphatic carbocycles. The highest BCUT2D eigenvalue weighted by molar-refractivity contribution is 5.93. The Morgan fingerprint density at radius 1 is 1.40 bits per heavy atom. The van der Waals surface area contributed by atoms with Gasteiger partial charge in [0.1, 0.15) is 12.1 Å². The van der Waals surface area contributed by atoms with E-state index in [1.165, 1.54) is 24.7 Å². The third kappa shape index (κ3) is 3.46. The first-order valence-corrected chi connectivity index (χ1v) is 5.98. The van der Waals surface area contributed by atoms with Crippen molar-refractivity contribution in [2.75, 3.05) is 6.54 Å². The van der Waals surface area contributed by atoms with Crippen LogP contribution >= 0.6 is 0 Å². The molecule has 0 spiro atoms. The van der Waals surface area contributed by atoms with Crippen molar-refractivity contribution in [3.63, 3.8) is 0 Å². The van der Waals surface area contributed by atoms with E-state index in [-0.39, 0.29) is 19.0 Å². The van der Waals surface area contributed by atoms with Crippen LogP contribution in [0.5, 0.6) is 0 Å². The van der Waals surface area contributed by atoms with Crippen LogP contribution in [0.1, 0.15) is 21.5 Å². The van der Waals surface area contributed by atoms with E-state index in [1.54, 1.807) is 12.1 Å². The van der Waals surface area contributed by atoms with Crippen LogP contribution in [0.2, 0.25) is 0 Å². The van der Waals surface area contributed by atoms with Gasteiger partial charge in [-0.3, -0.25) is 4.79 Å². The third-order valence-electron chi connectivity index (χ3n) is 2.60. The summed E-state index contributed by atoms with van der Waals surface area (Å²) in [6.45, 7) is 0.317. The molecule has 1 aromatic carbocycles. The number of hydrogen-bond acceptors (Lipinski definition) is 3. The second kappa shape index (κ2) is 6.55. The van der Waals surface area contributed by atoms with Gasteiger partial charge in [-0.15, -0.1) is 0 Å². The first-order valence-electron chi connectivity index (χ1n) is 5.98. The molecule has 0 fully saturated rings. The average Bonchev–Trinajstić information content (AvgIpc) is 2.99. The Bertz CT molecular complexity index is 654.